The van der Waals surface area contributed by atoms with Gasteiger partial charge in [0.05, 0.1) is 23.3 Å². The molecular formula is C22H24N2O3. The summed E-state index contributed by atoms with van der Waals surface area (Å²) in [6.45, 7) is 4.92. The van der Waals surface area contributed by atoms with Gasteiger partial charge in [0.15, 0.2) is 0 Å². The predicted molar refractivity (Wildman–Crippen MR) is 106 cm³/mol. The molecule has 1 aliphatic carbocycles. The van der Waals surface area contributed by atoms with E-state index in [1.165, 1.54) is 5.56 Å². The van der Waals surface area contributed by atoms with Crippen molar-refractivity contribution in [1.29, 1.82) is 0 Å². The molecule has 0 fully saturated rings. The average molecular weight is 364 g/mol. The molecule has 1 heterocycles. The second-order valence-corrected chi connectivity index (χ2v) is 7.75. The fourth-order valence-electron chi connectivity index (χ4n) is 4.13. The highest BCUT2D eigenvalue weighted by molar-refractivity contribution is 5.67. The van der Waals surface area contributed by atoms with Gasteiger partial charge in [0.25, 0.3) is 5.69 Å². The van der Waals surface area contributed by atoms with Gasteiger partial charge in [0.1, 0.15) is 5.75 Å². The molecule has 0 spiro atoms. The summed E-state index contributed by atoms with van der Waals surface area (Å²) in [5, 5.41) is 14.9. The molecule has 3 unspecified atom stereocenters. The lowest BCUT2D eigenvalue weighted by Crippen LogP contribution is -2.29. The molecule has 1 aliphatic heterocycles. The first kappa shape index (κ1) is 17.6. The van der Waals surface area contributed by atoms with E-state index in [1.54, 1.807) is 18.2 Å². The molecule has 4 rings (SSSR count). The molecule has 0 saturated carbocycles. The van der Waals surface area contributed by atoms with E-state index in [0.29, 0.717) is 24.4 Å². The number of non-ortho nitro benzene ring substituents is 1. The highest BCUT2D eigenvalue weighted by Crippen LogP contribution is 2.52. The van der Waals surface area contributed by atoms with Crippen LogP contribution in [-0.2, 0) is 0 Å². The van der Waals surface area contributed by atoms with Gasteiger partial charge in [0, 0.05) is 18.1 Å². The minimum Gasteiger partial charge on any atom is -0.491 e. The highest BCUT2D eigenvalue weighted by atomic mass is 16.6. The number of nitro groups is 1. The number of ether oxygens (including phenoxy) is 1. The minimum atomic E-state index is -0.332. The zero-order valence-corrected chi connectivity index (χ0v) is 15.6. The SMILES string of the molecule is CC(C)COc1cccc2c1NC(c1cccc([N+](=O)[O-])c1)C1CC=CC21. The maximum atomic E-state index is 11.2. The lowest BCUT2D eigenvalue weighted by atomic mass is 9.77. The molecule has 5 heteroatoms. The van der Waals surface area contributed by atoms with Gasteiger partial charge in [-0.2, -0.15) is 0 Å². The molecular weight excluding hydrogens is 340 g/mol. The topological polar surface area (TPSA) is 64.4 Å². The van der Waals surface area contributed by atoms with Crippen molar-refractivity contribution in [2.45, 2.75) is 32.2 Å². The summed E-state index contributed by atoms with van der Waals surface area (Å²) in [6.07, 6.45) is 5.45. The predicted octanol–water partition coefficient (Wildman–Crippen LogP) is 5.46. The monoisotopic (exact) mass is 364 g/mol. The second kappa shape index (κ2) is 7.06. The van der Waals surface area contributed by atoms with Gasteiger partial charge in [-0.1, -0.05) is 50.3 Å². The third-order valence-corrected chi connectivity index (χ3v) is 5.37. The Hall–Kier alpha value is -2.82. The smallest absolute Gasteiger partial charge is 0.269 e. The Morgan fingerprint density at radius 2 is 2.07 bits per heavy atom. The van der Waals surface area contributed by atoms with Crippen LogP contribution in [0.15, 0.2) is 54.6 Å². The molecule has 140 valence electrons. The van der Waals surface area contributed by atoms with E-state index in [0.717, 1.165) is 23.4 Å². The molecule has 2 aromatic carbocycles. The van der Waals surface area contributed by atoms with E-state index in [1.807, 2.05) is 18.2 Å². The standard InChI is InChI=1S/C22H24N2O3/c1-14(2)13-27-20-11-5-10-19-17-8-4-9-18(17)21(23-22(19)20)15-6-3-7-16(12-15)24(25)26/h3-8,10-12,14,17-18,21,23H,9,13H2,1-2H3. The van der Waals surface area contributed by atoms with Crippen molar-refractivity contribution in [3.63, 3.8) is 0 Å². The Balaban J connectivity index is 1.73. The number of allylic oxidation sites excluding steroid dienone is 2. The molecule has 27 heavy (non-hydrogen) atoms. The quantitative estimate of drug-likeness (QED) is 0.435. The van der Waals surface area contributed by atoms with Crippen LogP contribution in [0.5, 0.6) is 5.75 Å². The average Bonchev–Trinajstić information content (AvgIpc) is 3.15. The largest absolute Gasteiger partial charge is 0.491 e. The maximum absolute atomic E-state index is 11.2. The molecule has 5 nitrogen and oxygen atoms in total. The third-order valence-electron chi connectivity index (χ3n) is 5.37. The van der Waals surface area contributed by atoms with Gasteiger partial charge < -0.3 is 10.1 Å². The number of anilines is 1. The third kappa shape index (κ3) is 3.29. The van der Waals surface area contributed by atoms with Gasteiger partial charge in [-0.25, -0.2) is 0 Å². The van der Waals surface area contributed by atoms with Crippen molar-refractivity contribution >= 4 is 11.4 Å². The van der Waals surface area contributed by atoms with Crippen molar-refractivity contribution in [3.8, 4) is 5.75 Å². The van der Waals surface area contributed by atoms with Crippen LogP contribution < -0.4 is 10.1 Å². The van der Waals surface area contributed by atoms with Crippen molar-refractivity contribution in [3.05, 3.63) is 75.9 Å². The molecule has 2 aromatic rings. The zero-order valence-electron chi connectivity index (χ0n) is 15.6. The Kier molecular flexibility index (Phi) is 4.60. The molecule has 0 saturated heterocycles. The lowest BCUT2D eigenvalue weighted by molar-refractivity contribution is -0.384. The van der Waals surface area contributed by atoms with Gasteiger partial charge in [-0.05, 0) is 35.4 Å². The summed E-state index contributed by atoms with van der Waals surface area (Å²) in [6, 6.07) is 13.2. The zero-order chi connectivity index (χ0) is 19.0. The summed E-state index contributed by atoms with van der Waals surface area (Å²) >= 11 is 0. The van der Waals surface area contributed by atoms with E-state index in [2.05, 4.69) is 37.4 Å². The fourth-order valence-corrected chi connectivity index (χ4v) is 4.13. The van der Waals surface area contributed by atoms with Crippen LogP contribution in [0, 0.1) is 22.0 Å². The van der Waals surface area contributed by atoms with Crippen LogP contribution in [0.25, 0.3) is 0 Å². The first-order chi connectivity index (χ1) is 13.0. The Labute approximate surface area is 159 Å². The Morgan fingerprint density at radius 3 is 2.85 bits per heavy atom. The number of para-hydroxylation sites is 1. The van der Waals surface area contributed by atoms with Gasteiger partial charge in [0.2, 0.25) is 0 Å². The molecule has 0 amide bonds. The number of fused-ring (bicyclic) bond motifs is 3. The Morgan fingerprint density at radius 1 is 1.26 bits per heavy atom. The molecule has 0 bridgehead atoms. The van der Waals surface area contributed by atoms with Crippen LogP contribution in [0.4, 0.5) is 11.4 Å². The van der Waals surface area contributed by atoms with E-state index >= 15 is 0 Å². The molecule has 3 atom stereocenters. The molecule has 0 radical (unpaired) electrons. The van der Waals surface area contributed by atoms with E-state index in [4.69, 9.17) is 4.74 Å². The second-order valence-electron chi connectivity index (χ2n) is 7.75. The summed E-state index contributed by atoms with van der Waals surface area (Å²) in [7, 11) is 0. The van der Waals surface area contributed by atoms with Crippen LogP contribution in [0.2, 0.25) is 0 Å². The van der Waals surface area contributed by atoms with Gasteiger partial charge in [-0.15, -0.1) is 0 Å². The number of rotatable bonds is 5. The minimum absolute atomic E-state index is 0.0150. The van der Waals surface area contributed by atoms with Crippen molar-refractivity contribution in [2.75, 3.05) is 11.9 Å². The number of nitro benzene ring substituents is 1. The first-order valence-electron chi connectivity index (χ1n) is 9.48. The van der Waals surface area contributed by atoms with E-state index in [-0.39, 0.29) is 16.7 Å². The van der Waals surface area contributed by atoms with Crippen LogP contribution in [0.1, 0.15) is 43.4 Å². The van der Waals surface area contributed by atoms with Crippen molar-refractivity contribution in [1.82, 2.24) is 0 Å². The summed E-state index contributed by atoms with van der Waals surface area (Å²) < 4.78 is 6.07. The van der Waals surface area contributed by atoms with Crippen molar-refractivity contribution in [2.24, 2.45) is 11.8 Å². The van der Waals surface area contributed by atoms with Gasteiger partial charge >= 0.3 is 0 Å². The number of nitrogens with zero attached hydrogens (tertiary/aromatic N) is 1. The summed E-state index contributed by atoms with van der Waals surface area (Å²) in [5.41, 5.74) is 3.35. The molecule has 2 aliphatic rings. The summed E-state index contributed by atoms with van der Waals surface area (Å²) in [4.78, 5) is 10.9. The van der Waals surface area contributed by atoms with Gasteiger partial charge in [-0.3, -0.25) is 10.1 Å². The van der Waals surface area contributed by atoms with Crippen LogP contribution >= 0.6 is 0 Å². The highest BCUT2D eigenvalue weighted by Gasteiger charge is 2.39. The van der Waals surface area contributed by atoms with Crippen LogP contribution in [0.3, 0.4) is 0 Å². The summed E-state index contributed by atoms with van der Waals surface area (Å²) in [5.74, 6) is 1.94. The van der Waals surface area contributed by atoms with Crippen molar-refractivity contribution < 1.29 is 9.66 Å². The van der Waals surface area contributed by atoms with E-state index < -0.39 is 0 Å². The molecule has 1 N–H and O–H groups in total. The van der Waals surface area contributed by atoms with E-state index in [9.17, 15) is 10.1 Å². The lowest BCUT2D eigenvalue weighted by Gasteiger charge is -2.38. The normalized spacial score (nSPS) is 22.9. The number of nitrogens with one attached hydrogen (secondary N) is 1. The first-order valence-corrected chi connectivity index (χ1v) is 9.48. The number of hydrogen-bond acceptors (Lipinski definition) is 4. The number of hydrogen-bond donors (Lipinski definition) is 1. The maximum Gasteiger partial charge on any atom is 0.269 e. The van der Waals surface area contributed by atoms with Crippen LogP contribution in [-0.4, -0.2) is 11.5 Å². The Bertz CT molecular complexity index is 891. The number of benzene rings is 2. The fraction of sp³-hybridized carbons (Fsp3) is 0.364. The molecule has 0 aromatic heterocycles.